The molecule has 31 heavy (non-hydrogen) atoms. The number of likely N-dealkylation sites (tertiary alicyclic amines) is 1. The summed E-state index contributed by atoms with van der Waals surface area (Å²) in [6, 6.07) is 18.1. The van der Waals surface area contributed by atoms with Crippen molar-refractivity contribution in [1.29, 1.82) is 0 Å². The molecule has 1 aromatic heterocycles. The Kier molecular flexibility index (Phi) is 5.95. The van der Waals surface area contributed by atoms with Crippen LogP contribution in [0.4, 0.5) is 0 Å². The summed E-state index contributed by atoms with van der Waals surface area (Å²) in [6.07, 6.45) is 1.74. The maximum absolute atomic E-state index is 6.11. The zero-order valence-electron chi connectivity index (χ0n) is 17.2. The Morgan fingerprint density at radius 1 is 0.968 bits per heavy atom. The predicted molar refractivity (Wildman–Crippen MR) is 122 cm³/mol. The van der Waals surface area contributed by atoms with Crippen LogP contribution < -0.4 is 0 Å². The molecule has 0 N–H and O–H groups in total. The fourth-order valence-electron chi connectivity index (χ4n) is 4.26. The molecule has 2 saturated heterocycles. The normalized spacial score (nSPS) is 18.6. The van der Waals surface area contributed by atoms with E-state index in [1.165, 1.54) is 5.56 Å². The van der Waals surface area contributed by atoms with Crippen molar-refractivity contribution in [1.82, 2.24) is 19.2 Å². The molecule has 0 atom stereocenters. The first-order valence-electron chi connectivity index (χ1n) is 10.6. The number of rotatable bonds is 5. The molecule has 5 rings (SSSR count). The molecule has 0 bridgehead atoms. The Hall–Kier alpha value is -2.03. The van der Waals surface area contributed by atoms with Crippen LogP contribution in [0, 0.1) is 4.77 Å². The Labute approximate surface area is 192 Å². The minimum absolute atomic E-state index is 0.376. The Morgan fingerprint density at radius 3 is 2.32 bits per heavy atom. The molecule has 2 fully saturated rings. The molecule has 162 valence electrons. The summed E-state index contributed by atoms with van der Waals surface area (Å²) in [6.45, 7) is 4.49. The van der Waals surface area contributed by atoms with Gasteiger partial charge in [0.05, 0.1) is 26.4 Å². The Balaban J connectivity index is 1.42. The zero-order chi connectivity index (χ0) is 21.3. The predicted octanol–water partition coefficient (Wildman–Crippen LogP) is 4.58. The third-order valence-electron chi connectivity index (χ3n) is 5.97. The highest BCUT2D eigenvalue weighted by atomic mass is 35.5. The third kappa shape index (κ3) is 4.47. The van der Waals surface area contributed by atoms with Crippen LogP contribution in [0.3, 0.4) is 0 Å². The van der Waals surface area contributed by atoms with Gasteiger partial charge in [0.25, 0.3) is 0 Å². The van der Waals surface area contributed by atoms with E-state index in [2.05, 4.69) is 21.6 Å². The van der Waals surface area contributed by atoms with Gasteiger partial charge in [-0.15, -0.1) is 0 Å². The quantitative estimate of drug-likeness (QED) is 0.526. The van der Waals surface area contributed by atoms with Crippen molar-refractivity contribution in [3.05, 3.63) is 70.0 Å². The van der Waals surface area contributed by atoms with E-state index >= 15 is 0 Å². The lowest BCUT2D eigenvalue weighted by atomic mass is 10.0. The molecule has 0 saturated carbocycles. The van der Waals surface area contributed by atoms with Crippen LogP contribution in [0.2, 0.25) is 5.02 Å². The molecular formula is C23H25ClN4O2S. The van der Waals surface area contributed by atoms with Gasteiger partial charge >= 0.3 is 0 Å². The first-order valence-corrected chi connectivity index (χ1v) is 11.4. The van der Waals surface area contributed by atoms with Crippen LogP contribution in [0.1, 0.15) is 18.4 Å². The molecule has 2 aromatic carbocycles. The van der Waals surface area contributed by atoms with Crippen molar-refractivity contribution in [2.45, 2.75) is 31.8 Å². The average molecular weight is 457 g/mol. The highest BCUT2D eigenvalue weighted by molar-refractivity contribution is 7.71. The first kappa shape index (κ1) is 20.8. The van der Waals surface area contributed by atoms with Crippen LogP contribution in [0.25, 0.3) is 11.4 Å². The van der Waals surface area contributed by atoms with Gasteiger partial charge < -0.3 is 9.47 Å². The van der Waals surface area contributed by atoms with Crippen molar-refractivity contribution >= 4 is 23.8 Å². The summed E-state index contributed by atoms with van der Waals surface area (Å²) >= 11 is 12.0. The summed E-state index contributed by atoms with van der Waals surface area (Å²) < 4.78 is 16.4. The molecule has 0 unspecified atom stereocenters. The van der Waals surface area contributed by atoms with E-state index in [0.717, 1.165) is 37.3 Å². The number of hydrogen-bond acceptors (Lipinski definition) is 5. The van der Waals surface area contributed by atoms with Gasteiger partial charge in [0.2, 0.25) is 0 Å². The molecule has 3 heterocycles. The third-order valence-corrected chi connectivity index (χ3v) is 6.66. The first-order chi connectivity index (χ1) is 15.1. The van der Waals surface area contributed by atoms with E-state index in [1.807, 2.05) is 47.1 Å². The maximum atomic E-state index is 6.11. The standard InChI is InChI=1S/C23H25ClN4O2S/c24-20-8-6-19(7-9-20)21-25-28(22(31)27(21)16-18-4-2-1-3-5-18)17-26-12-10-23(11-13-26)29-14-15-30-23/h1-9H,10-17H2. The molecule has 0 aliphatic carbocycles. The van der Waals surface area contributed by atoms with Crippen LogP contribution in [-0.4, -0.2) is 51.3 Å². The highest BCUT2D eigenvalue weighted by Gasteiger charge is 2.39. The van der Waals surface area contributed by atoms with Gasteiger partial charge in [-0.05, 0) is 42.0 Å². The molecule has 0 radical (unpaired) electrons. The van der Waals surface area contributed by atoms with Gasteiger partial charge in [0, 0.05) is 36.5 Å². The zero-order valence-corrected chi connectivity index (χ0v) is 18.8. The second-order valence-electron chi connectivity index (χ2n) is 8.05. The fourth-order valence-corrected chi connectivity index (χ4v) is 4.64. The summed E-state index contributed by atoms with van der Waals surface area (Å²) in [5.41, 5.74) is 2.18. The minimum atomic E-state index is -0.376. The van der Waals surface area contributed by atoms with Gasteiger partial charge in [0.1, 0.15) is 0 Å². The molecule has 6 nitrogen and oxygen atoms in total. The molecule has 3 aromatic rings. The van der Waals surface area contributed by atoms with Crippen molar-refractivity contribution in [2.75, 3.05) is 26.3 Å². The van der Waals surface area contributed by atoms with Crippen LogP contribution >= 0.6 is 23.8 Å². The number of benzene rings is 2. The number of hydrogen-bond donors (Lipinski definition) is 0. The second-order valence-corrected chi connectivity index (χ2v) is 8.85. The molecule has 2 aliphatic heterocycles. The van der Waals surface area contributed by atoms with Crippen LogP contribution in [0.15, 0.2) is 54.6 Å². The molecule has 8 heteroatoms. The van der Waals surface area contributed by atoms with Crippen molar-refractivity contribution in [3.8, 4) is 11.4 Å². The monoisotopic (exact) mass is 456 g/mol. The van der Waals surface area contributed by atoms with E-state index in [1.54, 1.807) is 0 Å². The van der Waals surface area contributed by atoms with E-state index in [0.29, 0.717) is 36.2 Å². The van der Waals surface area contributed by atoms with Crippen LogP contribution in [-0.2, 0) is 22.7 Å². The number of aromatic nitrogens is 3. The maximum Gasteiger partial charge on any atom is 0.199 e. The minimum Gasteiger partial charge on any atom is -0.347 e. The number of piperidine rings is 1. The largest absolute Gasteiger partial charge is 0.347 e. The number of ether oxygens (including phenoxy) is 2. The summed E-state index contributed by atoms with van der Waals surface area (Å²) in [4.78, 5) is 2.36. The average Bonchev–Trinajstić information content (AvgIpc) is 3.37. The highest BCUT2D eigenvalue weighted by Crippen LogP contribution is 2.31. The molecular weight excluding hydrogens is 432 g/mol. The lowest BCUT2D eigenvalue weighted by molar-refractivity contribution is -0.187. The lowest BCUT2D eigenvalue weighted by Gasteiger charge is -2.37. The van der Waals surface area contributed by atoms with Crippen molar-refractivity contribution in [3.63, 3.8) is 0 Å². The van der Waals surface area contributed by atoms with E-state index in [9.17, 15) is 0 Å². The lowest BCUT2D eigenvalue weighted by Crippen LogP contribution is -2.45. The Bertz CT molecular complexity index is 1080. The molecule has 0 amide bonds. The van der Waals surface area contributed by atoms with E-state index < -0.39 is 0 Å². The van der Waals surface area contributed by atoms with E-state index in [-0.39, 0.29) is 5.79 Å². The van der Waals surface area contributed by atoms with Crippen LogP contribution in [0.5, 0.6) is 0 Å². The smallest absolute Gasteiger partial charge is 0.199 e. The van der Waals surface area contributed by atoms with Gasteiger partial charge in [-0.1, -0.05) is 41.9 Å². The van der Waals surface area contributed by atoms with E-state index in [4.69, 9.17) is 38.4 Å². The number of nitrogens with zero attached hydrogens (tertiary/aromatic N) is 4. The SMILES string of the molecule is S=c1n(CN2CCC3(CC2)OCCO3)nc(-c2ccc(Cl)cc2)n1Cc1ccccc1. The van der Waals surface area contributed by atoms with Crippen molar-refractivity contribution < 1.29 is 9.47 Å². The van der Waals surface area contributed by atoms with Gasteiger partial charge in [-0.2, -0.15) is 5.10 Å². The fraction of sp³-hybridized carbons (Fsp3) is 0.391. The molecule has 1 spiro atoms. The topological polar surface area (TPSA) is 44.4 Å². The summed E-state index contributed by atoms with van der Waals surface area (Å²) in [5, 5.41) is 5.62. The summed E-state index contributed by atoms with van der Waals surface area (Å²) in [7, 11) is 0. The second kappa shape index (κ2) is 8.84. The number of halogens is 1. The Morgan fingerprint density at radius 2 is 1.65 bits per heavy atom. The van der Waals surface area contributed by atoms with Gasteiger partial charge in [0.15, 0.2) is 16.4 Å². The van der Waals surface area contributed by atoms with Gasteiger partial charge in [-0.3, -0.25) is 9.47 Å². The summed E-state index contributed by atoms with van der Waals surface area (Å²) in [5.74, 6) is 0.473. The molecule has 2 aliphatic rings. The van der Waals surface area contributed by atoms with Crippen molar-refractivity contribution in [2.24, 2.45) is 0 Å². The van der Waals surface area contributed by atoms with Gasteiger partial charge in [-0.25, -0.2) is 4.68 Å².